The van der Waals surface area contributed by atoms with E-state index < -0.39 is 16.0 Å². The zero-order valence-electron chi connectivity index (χ0n) is 12.4. The number of esters is 1. The number of ether oxygens (including phenoxy) is 1. The summed E-state index contributed by atoms with van der Waals surface area (Å²) in [6.45, 7) is 5.80. The van der Waals surface area contributed by atoms with Crippen molar-refractivity contribution >= 4 is 16.0 Å². The van der Waals surface area contributed by atoms with Crippen LogP contribution < -0.4 is 10.0 Å². The largest absolute Gasteiger partial charge is 0.462 e. The lowest BCUT2D eigenvalue weighted by Crippen LogP contribution is -2.32. The zero-order valence-corrected chi connectivity index (χ0v) is 13.2. The summed E-state index contributed by atoms with van der Waals surface area (Å²) < 4.78 is 31.4. The minimum Gasteiger partial charge on any atom is -0.462 e. The number of rotatable bonds is 9. The van der Waals surface area contributed by atoms with Crippen LogP contribution in [0.25, 0.3) is 0 Å². The summed E-state index contributed by atoms with van der Waals surface area (Å²) >= 11 is 0. The topological polar surface area (TPSA) is 84.5 Å². The fourth-order valence-corrected chi connectivity index (χ4v) is 2.68. The average Bonchev–Trinajstić information content (AvgIpc) is 2.47. The van der Waals surface area contributed by atoms with Crippen molar-refractivity contribution in [3.8, 4) is 0 Å². The van der Waals surface area contributed by atoms with E-state index in [0.717, 1.165) is 13.0 Å². The van der Waals surface area contributed by atoms with Crippen LogP contribution in [0.5, 0.6) is 0 Å². The van der Waals surface area contributed by atoms with Gasteiger partial charge in [-0.3, -0.25) is 0 Å². The second-order valence-electron chi connectivity index (χ2n) is 4.39. The molecule has 0 saturated heterocycles. The molecule has 0 aliphatic carbocycles. The van der Waals surface area contributed by atoms with Gasteiger partial charge in [0.1, 0.15) is 0 Å². The van der Waals surface area contributed by atoms with Gasteiger partial charge in [-0.05, 0) is 44.2 Å². The van der Waals surface area contributed by atoms with Crippen LogP contribution in [0.2, 0.25) is 0 Å². The lowest BCUT2D eigenvalue weighted by atomic mass is 10.2. The Balaban J connectivity index is 2.61. The van der Waals surface area contributed by atoms with Crippen molar-refractivity contribution in [1.82, 2.24) is 10.0 Å². The Hall–Kier alpha value is -1.44. The van der Waals surface area contributed by atoms with Gasteiger partial charge >= 0.3 is 5.97 Å². The van der Waals surface area contributed by atoms with E-state index in [0.29, 0.717) is 18.7 Å². The van der Waals surface area contributed by atoms with Crippen LogP contribution >= 0.6 is 0 Å². The standard InChI is InChI=1S/C14H22N2O4S/c1-3-9-15-10-11-16-21(18,19)13-7-5-12(6-8-13)14(17)20-4-2/h5-8,15-16H,3-4,9-11H2,1-2H3. The van der Waals surface area contributed by atoms with E-state index in [-0.39, 0.29) is 11.5 Å². The Morgan fingerprint density at radius 2 is 1.76 bits per heavy atom. The van der Waals surface area contributed by atoms with Gasteiger partial charge in [0, 0.05) is 13.1 Å². The number of carbonyl (C=O) groups is 1. The molecule has 0 aliphatic rings. The molecule has 0 amide bonds. The third-order valence-electron chi connectivity index (χ3n) is 2.70. The Morgan fingerprint density at radius 1 is 1.10 bits per heavy atom. The van der Waals surface area contributed by atoms with Crippen molar-refractivity contribution in [2.24, 2.45) is 0 Å². The maximum absolute atomic E-state index is 12.0. The molecular formula is C14H22N2O4S. The number of hydrogen-bond donors (Lipinski definition) is 2. The second kappa shape index (κ2) is 8.76. The summed E-state index contributed by atoms with van der Waals surface area (Å²) in [7, 11) is -3.54. The molecular weight excluding hydrogens is 292 g/mol. The molecule has 0 aliphatic heterocycles. The van der Waals surface area contributed by atoms with Crippen LogP contribution in [0.15, 0.2) is 29.2 Å². The molecule has 0 heterocycles. The molecule has 0 unspecified atom stereocenters. The van der Waals surface area contributed by atoms with E-state index in [4.69, 9.17) is 4.74 Å². The summed E-state index contributed by atoms with van der Waals surface area (Å²) in [5.74, 6) is -0.460. The van der Waals surface area contributed by atoms with E-state index >= 15 is 0 Å². The predicted octanol–water partition coefficient (Wildman–Crippen LogP) is 1.14. The molecule has 21 heavy (non-hydrogen) atoms. The molecule has 1 aromatic carbocycles. The highest BCUT2D eigenvalue weighted by molar-refractivity contribution is 7.89. The molecule has 118 valence electrons. The first-order valence-electron chi connectivity index (χ1n) is 6.98. The van der Waals surface area contributed by atoms with Crippen LogP contribution in [-0.4, -0.2) is 40.6 Å². The Morgan fingerprint density at radius 3 is 2.33 bits per heavy atom. The molecule has 0 fully saturated rings. The van der Waals surface area contributed by atoms with E-state index in [9.17, 15) is 13.2 Å². The van der Waals surface area contributed by atoms with Gasteiger partial charge in [-0.15, -0.1) is 0 Å². The molecule has 0 aromatic heterocycles. The molecule has 0 bridgehead atoms. The fourth-order valence-electron chi connectivity index (χ4n) is 1.64. The third-order valence-corrected chi connectivity index (χ3v) is 4.17. The van der Waals surface area contributed by atoms with E-state index in [1.54, 1.807) is 6.92 Å². The van der Waals surface area contributed by atoms with Crippen LogP contribution in [0.3, 0.4) is 0 Å². The fraction of sp³-hybridized carbons (Fsp3) is 0.500. The van der Waals surface area contributed by atoms with Crippen LogP contribution in [-0.2, 0) is 14.8 Å². The first-order chi connectivity index (χ1) is 10.0. The van der Waals surface area contributed by atoms with Crippen molar-refractivity contribution < 1.29 is 17.9 Å². The minimum absolute atomic E-state index is 0.131. The maximum Gasteiger partial charge on any atom is 0.338 e. The number of sulfonamides is 1. The Kier molecular flexibility index (Phi) is 7.35. The van der Waals surface area contributed by atoms with Gasteiger partial charge in [0.05, 0.1) is 17.1 Å². The molecule has 7 heteroatoms. The normalized spacial score (nSPS) is 11.3. The summed E-state index contributed by atoms with van der Waals surface area (Å²) in [5, 5.41) is 3.11. The van der Waals surface area contributed by atoms with Crippen molar-refractivity contribution in [2.75, 3.05) is 26.2 Å². The van der Waals surface area contributed by atoms with Gasteiger partial charge in [-0.2, -0.15) is 0 Å². The van der Waals surface area contributed by atoms with Crippen LogP contribution in [0, 0.1) is 0 Å². The summed E-state index contributed by atoms with van der Waals surface area (Å²) in [6, 6.07) is 5.69. The first-order valence-corrected chi connectivity index (χ1v) is 8.47. The van der Waals surface area contributed by atoms with Gasteiger partial charge in [0.2, 0.25) is 10.0 Å². The van der Waals surface area contributed by atoms with Gasteiger partial charge in [-0.1, -0.05) is 6.92 Å². The van der Waals surface area contributed by atoms with Gasteiger partial charge in [0.15, 0.2) is 0 Å². The molecule has 1 rings (SSSR count). The van der Waals surface area contributed by atoms with Crippen molar-refractivity contribution in [1.29, 1.82) is 0 Å². The number of carbonyl (C=O) groups excluding carboxylic acids is 1. The Bertz CT molecular complexity index is 541. The summed E-state index contributed by atoms with van der Waals surface area (Å²) in [4.78, 5) is 11.6. The number of hydrogen-bond acceptors (Lipinski definition) is 5. The summed E-state index contributed by atoms with van der Waals surface area (Å²) in [5.41, 5.74) is 0.334. The first kappa shape index (κ1) is 17.6. The number of nitrogens with one attached hydrogen (secondary N) is 2. The van der Waals surface area contributed by atoms with Gasteiger partial charge < -0.3 is 10.1 Å². The van der Waals surface area contributed by atoms with Gasteiger partial charge in [-0.25, -0.2) is 17.9 Å². The molecule has 0 saturated carbocycles. The highest BCUT2D eigenvalue weighted by Gasteiger charge is 2.14. The van der Waals surface area contributed by atoms with Crippen molar-refractivity contribution in [3.05, 3.63) is 29.8 Å². The van der Waals surface area contributed by atoms with E-state index in [2.05, 4.69) is 10.0 Å². The van der Waals surface area contributed by atoms with Crippen LogP contribution in [0.1, 0.15) is 30.6 Å². The third kappa shape index (κ3) is 5.82. The summed E-state index contributed by atoms with van der Waals surface area (Å²) in [6.07, 6.45) is 1.00. The lowest BCUT2D eigenvalue weighted by Gasteiger charge is -2.08. The van der Waals surface area contributed by atoms with E-state index in [1.807, 2.05) is 6.92 Å². The molecule has 2 N–H and O–H groups in total. The van der Waals surface area contributed by atoms with Crippen molar-refractivity contribution in [2.45, 2.75) is 25.2 Å². The number of benzene rings is 1. The van der Waals surface area contributed by atoms with Crippen LogP contribution in [0.4, 0.5) is 0 Å². The molecule has 0 radical (unpaired) electrons. The monoisotopic (exact) mass is 314 g/mol. The molecule has 0 spiro atoms. The zero-order chi connectivity index (χ0) is 15.7. The lowest BCUT2D eigenvalue weighted by molar-refractivity contribution is 0.0526. The second-order valence-corrected chi connectivity index (χ2v) is 6.16. The quantitative estimate of drug-likeness (QED) is 0.527. The maximum atomic E-state index is 12.0. The van der Waals surface area contributed by atoms with E-state index in [1.165, 1.54) is 24.3 Å². The molecule has 1 aromatic rings. The molecule has 6 nitrogen and oxygen atoms in total. The minimum atomic E-state index is -3.54. The van der Waals surface area contributed by atoms with Crippen molar-refractivity contribution in [3.63, 3.8) is 0 Å². The van der Waals surface area contributed by atoms with Gasteiger partial charge in [0.25, 0.3) is 0 Å². The average molecular weight is 314 g/mol. The predicted molar refractivity (Wildman–Crippen MR) is 80.7 cm³/mol. The molecule has 0 atom stereocenters. The SMILES string of the molecule is CCCNCCNS(=O)(=O)c1ccc(C(=O)OCC)cc1. The highest BCUT2D eigenvalue weighted by Crippen LogP contribution is 2.11. The highest BCUT2D eigenvalue weighted by atomic mass is 32.2. The smallest absolute Gasteiger partial charge is 0.338 e. The Labute approximate surface area is 125 Å².